The van der Waals surface area contributed by atoms with Crippen LogP contribution in [-0.4, -0.2) is 44.1 Å². The lowest BCUT2D eigenvalue weighted by atomic mass is 9.92. The first-order valence-corrected chi connectivity index (χ1v) is 9.74. The predicted molar refractivity (Wildman–Crippen MR) is 108 cm³/mol. The Morgan fingerprint density at radius 1 is 1.04 bits per heavy atom. The van der Waals surface area contributed by atoms with Crippen molar-refractivity contribution in [3.63, 3.8) is 0 Å². The van der Waals surface area contributed by atoms with Crippen molar-refractivity contribution in [3.8, 4) is 5.75 Å². The van der Waals surface area contributed by atoms with E-state index in [2.05, 4.69) is 10.6 Å². The maximum absolute atomic E-state index is 13.2. The lowest BCUT2D eigenvalue weighted by Gasteiger charge is -2.22. The van der Waals surface area contributed by atoms with Gasteiger partial charge >= 0.3 is 0 Å². The lowest BCUT2D eigenvalue weighted by Crippen LogP contribution is -2.33. The van der Waals surface area contributed by atoms with E-state index in [0.717, 1.165) is 73.5 Å². The summed E-state index contributed by atoms with van der Waals surface area (Å²) in [5.41, 5.74) is 2.52. The van der Waals surface area contributed by atoms with E-state index >= 15 is 0 Å². The highest BCUT2D eigenvalue weighted by Crippen LogP contribution is 2.29. The van der Waals surface area contributed by atoms with E-state index in [1.165, 1.54) is 0 Å². The van der Waals surface area contributed by atoms with Crippen LogP contribution in [0.3, 0.4) is 0 Å². The molecule has 0 radical (unpaired) electrons. The fourth-order valence-corrected chi connectivity index (χ4v) is 4.20. The molecule has 5 nitrogen and oxygen atoms in total. The van der Waals surface area contributed by atoms with Gasteiger partial charge in [0.2, 0.25) is 0 Å². The number of anilines is 2. The molecule has 2 saturated heterocycles. The van der Waals surface area contributed by atoms with E-state index in [1.807, 2.05) is 53.4 Å². The molecule has 2 heterocycles. The molecular formula is C22H27N3O2. The lowest BCUT2D eigenvalue weighted by molar-refractivity contribution is 0.0759. The predicted octanol–water partition coefficient (Wildman–Crippen LogP) is 3.51. The zero-order valence-corrected chi connectivity index (χ0v) is 15.8. The maximum atomic E-state index is 13.2. The van der Waals surface area contributed by atoms with Crippen LogP contribution in [0.5, 0.6) is 5.75 Å². The van der Waals surface area contributed by atoms with Crippen molar-refractivity contribution in [2.75, 3.05) is 38.6 Å². The van der Waals surface area contributed by atoms with Crippen LogP contribution in [0.15, 0.2) is 48.5 Å². The Balaban J connectivity index is 1.50. The van der Waals surface area contributed by atoms with Gasteiger partial charge in [-0.3, -0.25) is 4.79 Å². The molecule has 2 aromatic carbocycles. The topological polar surface area (TPSA) is 53.6 Å². The Labute approximate surface area is 160 Å². The number of rotatable bonds is 4. The number of carbonyl (C=O) groups is 1. The first-order chi connectivity index (χ1) is 13.2. The van der Waals surface area contributed by atoms with Gasteiger partial charge < -0.3 is 20.3 Å². The average Bonchev–Trinajstić information content (AvgIpc) is 3.07. The van der Waals surface area contributed by atoms with Crippen molar-refractivity contribution < 1.29 is 9.53 Å². The number of ether oxygens (including phenoxy) is 1. The zero-order valence-electron chi connectivity index (χ0n) is 15.8. The second kappa shape index (κ2) is 8.01. The van der Waals surface area contributed by atoms with Crippen LogP contribution in [0.25, 0.3) is 0 Å². The number of carbonyl (C=O) groups excluding carboxylic acids is 1. The van der Waals surface area contributed by atoms with Gasteiger partial charge in [0.05, 0.1) is 18.4 Å². The average molecular weight is 365 g/mol. The summed E-state index contributed by atoms with van der Waals surface area (Å²) in [5, 5.41) is 6.88. The SMILES string of the molecule is COc1ccc(Nc2ccccc2C(=O)N2CC[C@@H]3CNC[C@@H]3CC2)cc1. The van der Waals surface area contributed by atoms with E-state index in [4.69, 9.17) is 4.74 Å². The Morgan fingerprint density at radius 3 is 2.37 bits per heavy atom. The standard InChI is InChI=1S/C22H27N3O2/c1-27-19-8-6-18(7-9-19)24-21-5-3-2-4-20(21)22(26)25-12-10-16-14-23-15-17(16)11-13-25/h2-9,16-17,23-24H,10-15H2,1H3/t16-,17+. The third kappa shape index (κ3) is 3.93. The van der Waals surface area contributed by atoms with Crippen molar-refractivity contribution in [3.05, 3.63) is 54.1 Å². The third-order valence-corrected chi connectivity index (χ3v) is 5.83. The third-order valence-electron chi connectivity index (χ3n) is 5.83. The minimum Gasteiger partial charge on any atom is -0.497 e. The Hall–Kier alpha value is -2.53. The molecule has 27 heavy (non-hydrogen) atoms. The number of hydrogen-bond acceptors (Lipinski definition) is 4. The Kier molecular flexibility index (Phi) is 5.30. The van der Waals surface area contributed by atoms with Crippen LogP contribution in [0.1, 0.15) is 23.2 Å². The molecule has 0 aliphatic carbocycles. The molecule has 2 aliphatic heterocycles. The van der Waals surface area contributed by atoms with Crippen LogP contribution < -0.4 is 15.4 Å². The van der Waals surface area contributed by atoms with Crippen LogP contribution in [0.2, 0.25) is 0 Å². The zero-order chi connectivity index (χ0) is 18.6. The van der Waals surface area contributed by atoms with Gasteiger partial charge in [0.15, 0.2) is 0 Å². The highest BCUT2D eigenvalue weighted by molar-refractivity contribution is 6.00. The summed E-state index contributed by atoms with van der Waals surface area (Å²) in [5.74, 6) is 2.37. The van der Waals surface area contributed by atoms with Crippen LogP contribution in [0, 0.1) is 11.8 Å². The number of amides is 1. The quantitative estimate of drug-likeness (QED) is 0.871. The number of methoxy groups -OCH3 is 1. The summed E-state index contributed by atoms with van der Waals surface area (Å²) in [6.45, 7) is 3.89. The first kappa shape index (κ1) is 17.9. The van der Waals surface area contributed by atoms with Crippen molar-refractivity contribution >= 4 is 17.3 Å². The summed E-state index contributed by atoms with van der Waals surface area (Å²) in [7, 11) is 1.65. The minimum atomic E-state index is 0.125. The number of benzene rings is 2. The number of hydrogen-bond donors (Lipinski definition) is 2. The maximum Gasteiger partial charge on any atom is 0.255 e. The molecule has 4 rings (SSSR count). The minimum absolute atomic E-state index is 0.125. The molecule has 2 fully saturated rings. The molecular weight excluding hydrogens is 338 g/mol. The Morgan fingerprint density at radius 2 is 1.70 bits per heavy atom. The van der Waals surface area contributed by atoms with Gasteiger partial charge in [-0.25, -0.2) is 0 Å². The van der Waals surface area contributed by atoms with Gasteiger partial charge in [-0.15, -0.1) is 0 Å². The summed E-state index contributed by atoms with van der Waals surface area (Å²) in [6.07, 6.45) is 2.19. The monoisotopic (exact) mass is 365 g/mol. The Bertz CT molecular complexity index is 776. The van der Waals surface area contributed by atoms with Gasteiger partial charge in [0.1, 0.15) is 5.75 Å². The van der Waals surface area contributed by atoms with Gasteiger partial charge in [-0.1, -0.05) is 12.1 Å². The van der Waals surface area contributed by atoms with Crippen molar-refractivity contribution in [1.29, 1.82) is 0 Å². The van der Waals surface area contributed by atoms with Crippen LogP contribution in [0.4, 0.5) is 11.4 Å². The molecule has 5 heteroatoms. The van der Waals surface area contributed by atoms with Gasteiger partial charge in [0, 0.05) is 18.8 Å². The van der Waals surface area contributed by atoms with Gasteiger partial charge in [0.25, 0.3) is 5.91 Å². The molecule has 2 N–H and O–H groups in total. The second-order valence-corrected chi connectivity index (χ2v) is 7.45. The molecule has 0 bridgehead atoms. The normalized spacial score (nSPS) is 22.0. The number of nitrogens with one attached hydrogen (secondary N) is 2. The highest BCUT2D eigenvalue weighted by atomic mass is 16.5. The molecule has 0 spiro atoms. The smallest absolute Gasteiger partial charge is 0.255 e. The summed E-state index contributed by atoms with van der Waals surface area (Å²) < 4.78 is 5.21. The largest absolute Gasteiger partial charge is 0.497 e. The molecule has 0 unspecified atom stereocenters. The molecule has 0 saturated carbocycles. The number of fused-ring (bicyclic) bond motifs is 1. The first-order valence-electron chi connectivity index (χ1n) is 9.74. The fourth-order valence-electron chi connectivity index (χ4n) is 4.20. The summed E-state index contributed by atoms with van der Waals surface area (Å²) in [4.78, 5) is 15.3. The van der Waals surface area contributed by atoms with E-state index in [9.17, 15) is 4.79 Å². The summed E-state index contributed by atoms with van der Waals surface area (Å²) >= 11 is 0. The number of para-hydroxylation sites is 1. The van der Waals surface area contributed by atoms with E-state index in [1.54, 1.807) is 7.11 Å². The highest BCUT2D eigenvalue weighted by Gasteiger charge is 2.32. The molecule has 1 amide bonds. The number of likely N-dealkylation sites (tertiary alicyclic amines) is 1. The van der Waals surface area contributed by atoms with E-state index in [-0.39, 0.29) is 5.91 Å². The molecule has 142 valence electrons. The van der Waals surface area contributed by atoms with Crippen molar-refractivity contribution in [2.24, 2.45) is 11.8 Å². The van der Waals surface area contributed by atoms with Gasteiger partial charge in [-0.2, -0.15) is 0 Å². The second-order valence-electron chi connectivity index (χ2n) is 7.45. The molecule has 2 atom stereocenters. The fraction of sp³-hybridized carbons (Fsp3) is 0.409. The van der Waals surface area contributed by atoms with Crippen molar-refractivity contribution in [1.82, 2.24) is 10.2 Å². The van der Waals surface area contributed by atoms with E-state index < -0.39 is 0 Å². The van der Waals surface area contributed by atoms with Crippen LogP contribution in [-0.2, 0) is 0 Å². The van der Waals surface area contributed by atoms with Crippen molar-refractivity contribution in [2.45, 2.75) is 12.8 Å². The van der Waals surface area contributed by atoms with Gasteiger partial charge in [-0.05, 0) is 74.2 Å². The molecule has 0 aromatic heterocycles. The number of nitrogens with zero attached hydrogens (tertiary/aromatic N) is 1. The summed E-state index contributed by atoms with van der Waals surface area (Å²) in [6, 6.07) is 15.5. The van der Waals surface area contributed by atoms with E-state index in [0.29, 0.717) is 0 Å². The van der Waals surface area contributed by atoms with Crippen LogP contribution >= 0.6 is 0 Å². The molecule has 2 aliphatic rings. The molecule has 2 aromatic rings.